The lowest BCUT2D eigenvalue weighted by molar-refractivity contribution is 0.393. The number of phenolic OH excluding ortho intramolecular Hbond substituents is 1. The van der Waals surface area contributed by atoms with Gasteiger partial charge >= 0.3 is 0 Å². The molecule has 0 amide bonds. The lowest BCUT2D eigenvalue weighted by atomic mass is 9.95. The third kappa shape index (κ3) is 5.43. The van der Waals surface area contributed by atoms with Gasteiger partial charge in [-0.1, -0.05) is 13.8 Å². The monoisotopic (exact) mass is 226 g/mol. The molecule has 0 spiro atoms. The second-order valence-corrected chi connectivity index (χ2v) is 4.39. The molecule has 5 heteroatoms. The van der Waals surface area contributed by atoms with Crippen LogP contribution in [0.15, 0.2) is 18.2 Å². The van der Waals surface area contributed by atoms with Gasteiger partial charge in [-0.15, -0.1) is 0 Å². The molecule has 0 fully saturated rings. The van der Waals surface area contributed by atoms with E-state index in [1.165, 1.54) is 12.1 Å². The van der Waals surface area contributed by atoms with Crippen molar-refractivity contribution in [3.05, 3.63) is 18.2 Å². The Labute approximate surface area is 96.4 Å². The topological polar surface area (TPSA) is 124 Å². The highest BCUT2D eigenvalue weighted by Crippen LogP contribution is 2.20. The maximum Gasteiger partial charge on any atom is 0.138 e. The van der Waals surface area contributed by atoms with Gasteiger partial charge in [-0.25, -0.2) is 0 Å². The summed E-state index contributed by atoms with van der Waals surface area (Å²) in [5.74, 6) is 0.0733. The Kier molecular flexibility index (Phi) is 5.63. The van der Waals surface area contributed by atoms with Gasteiger partial charge in [0, 0.05) is 5.69 Å². The molecule has 0 aliphatic heterocycles. The molecule has 0 bridgehead atoms. The van der Waals surface area contributed by atoms with E-state index in [-0.39, 0.29) is 11.2 Å². The van der Waals surface area contributed by atoms with Gasteiger partial charge in [0.2, 0.25) is 0 Å². The number of benzene rings is 1. The summed E-state index contributed by atoms with van der Waals surface area (Å²) in [6.07, 6.45) is 0. The van der Waals surface area contributed by atoms with E-state index in [1.807, 2.05) is 13.8 Å². The highest BCUT2D eigenvalue weighted by Gasteiger charge is 2.10. The number of nitrogens with two attached hydrogens (primary N) is 4. The zero-order valence-electron chi connectivity index (χ0n) is 9.90. The van der Waals surface area contributed by atoms with Crippen LogP contribution in [-0.2, 0) is 0 Å². The molecule has 1 aromatic rings. The largest absolute Gasteiger partial charge is 0.506 e. The van der Waals surface area contributed by atoms with Crippen LogP contribution in [0.4, 0.5) is 11.4 Å². The lowest BCUT2D eigenvalue weighted by Crippen LogP contribution is -2.31. The first-order valence-corrected chi connectivity index (χ1v) is 5.06. The van der Waals surface area contributed by atoms with Crippen LogP contribution in [0.2, 0.25) is 0 Å². The van der Waals surface area contributed by atoms with Crippen LogP contribution in [0, 0.1) is 5.41 Å². The molecule has 0 saturated heterocycles. The molecular formula is C11H22N4O. The van der Waals surface area contributed by atoms with Gasteiger partial charge in [-0.3, -0.25) is 0 Å². The molecule has 16 heavy (non-hydrogen) atoms. The molecule has 0 unspecified atom stereocenters. The second kappa shape index (κ2) is 6.19. The molecular weight excluding hydrogens is 204 g/mol. The quantitative estimate of drug-likeness (QED) is 0.285. The van der Waals surface area contributed by atoms with E-state index in [0.717, 1.165) is 0 Å². The third-order valence-corrected chi connectivity index (χ3v) is 2.16. The first-order valence-electron chi connectivity index (χ1n) is 5.06. The Balaban J connectivity index is 0.000000293. The van der Waals surface area contributed by atoms with Gasteiger partial charge in [0.05, 0.1) is 5.69 Å². The summed E-state index contributed by atoms with van der Waals surface area (Å²) >= 11 is 0. The van der Waals surface area contributed by atoms with Crippen molar-refractivity contribution in [2.45, 2.75) is 13.8 Å². The van der Waals surface area contributed by atoms with Crippen LogP contribution < -0.4 is 22.9 Å². The molecule has 1 rings (SSSR count). The number of phenols is 1. The molecule has 0 aliphatic carbocycles. The molecule has 92 valence electrons. The van der Waals surface area contributed by atoms with E-state index in [0.29, 0.717) is 24.5 Å². The Hall–Kier alpha value is -1.46. The van der Waals surface area contributed by atoms with Gasteiger partial charge in [0.25, 0.3) is 0 Å². The summed E-state index contributed by atoms with van der Waals surface area (Å²) in [7, 11) is 0. The number of nitrogen functional groups attached to an aromatic ring is 2. The van der Waals surface area contributed by atoms with Crippen LogP contribution in [0.25, 0.3) is 0 Å². The molecule has 9 N–H and O–H groups in total. The van der Waals surface area contributed by atoms with Gasteiger partial charge in [0.15, 0.2) is 0 Å². The zero-order chi connectivity index (χ0) is 12.8. The van der Waals surface area contributed by atoms with Crippen molar-refractivity contribution in [3.63, 3.8) is 0 Å². The lowest BCUT2D eigenvalue weighted by Gasteiger charge is -2.18. The molecule has 0 heterocycles. The molecule has 1 aromatic carbocycles. The highest BCUT2D eigenvalue weighted by molar-refractivity contribution is 5.59. The van der Waals surface area contributed by atoms with Gasteiger partial charge in [0.1, 0.15) is 5.75 Å². The summed E-state index contributed by atoms with van der Waals surface area (Å²) in [6, 6.07) is 4.56. The minimum atomic E-state index is 0.0733. The Morgan fingerprint density at radius 3 is 1.88 bits per heavy atom. The molecule has 0 saturated carbocycles. The Morgan fingerprint density at radius 1 is 1.12 bits per heavy atom. The number of hydrogen-bond donors (Lipinski definition) is 5. The summed E-state index contributed by atoms with van der Waals surface area (Å²) in [4.78, 5) is 0. The molecule has 0 aliphatic rings. The van der Waals surface area contributed by atoms with Crippen LogP contribution in [0.3, 0.4) is 0 Å². The van der Waals surface area contributed by atoms with Crippen molar-refractivity contribution in [2.24, 2.45) is 16.9 Å². The van der Waals surface area contributed by atoms with E-state index in [2.05, 4.69) is 0 Å². The summed E-state index contributed by atoms with van der Waals surface area (Å²) in [5.41, 5.74) is 22.3. The maximum atomic E-state index is 8.86. The van der Waals surface area contributed by atoms with Crippen molar-refractivity contribution in [3.8, 4) is 5.75 Å². The normalized spacial score (nSPS) is 10.5. The maximum absolute atomic E-state index is 8.86. The van der Waals surface area contributed by atoms with Gasteiger partial charge in [-0.2, -0.15) is 0 Å². The third-order valence-electron chi connectivity index (χ3n) is 2.16. The van der Waals surface area contributed by atoms with Crippen LogP contribution in [0.5, 0.6) is 5.75 Å². The Bertz CT molecular complexity index is 320. The van der Waals surface area contributed by atoms with Crippen molar-refractivity contribution < 1.29 is 5.11 Å². The minimum absolute atomic E-state index is 0.0733. The van der Waals surface area contributed by atoms with E-state index < -0.39 is 0 Å². The van der Waals surface area contributed by atoms with Crippen molar-refractivity contribution in [1.82, 2.24) is 0 Å². The molecule has 0 atom stereocenters. The van der Waals surface area contributed by atoms with Crippen LogP contribution >= 0.6 is 0 Å². The SMILES string of the molecule is CC(C)(CN)CN.Nc1ccc(O)c(N)c1. The molecule has 0 radical (unpaired) electrons. The predicted octanol–water partition coefficient (Wildman–Crippen LogP) is 0.487. The summed E-state index contributed by atoms with van der Waals surface area (Å²) in [6.45, 7) is 5.44. The summed E-state index contributed by atoms with van der Waals surface area (Å²) < 4.78 is 0. The second-order valence-electron chi connectivity index (χ2n) is 4.39. The number of anilines is 2. The molecule has 5 nitrogen and oxygen atoms in total. The van der Waals surface area contributed by atoms with E-state index >= 15 is 0 Å². The highest BCUT2D eigenvalue weighted by atomic mass is 16.3. The van der Waals surface area contributed by atoms with Crippen molar-refractivity contribution in [2.75, 3.05) is 24.6 Å². The standard InChI is InChI=1S/C6H8N2O.C5H14N2/c7-4-1-2-6(9)5(8)3-4;1-5(2,3-6)4-7/h1-3,9H,7-8H2;3-4,6-7H2,1-2H3. The van der Waals surface area contributed by atoms with E-state index in [1.54, 1.807) is 6.07 Å². The number of aromatic hydroxyl groups is 1. The van der Waals surface area contributed by atoms with Crippen LogP contribution in [-0.4, -0.2) is 18.2 Å². The predicted molar refractivity (Wildman–Crippen MR) is 68.8 cm³/mol. The first kappa shape index (κ1) is 14.5. The summed E-state index contributed by atoms with van der Waals surface area (Å²) in [5, 5.41) is 8.86. The van der Waals surface area contributed by atoms with Crippen LogP contribution in [0.1, 0.15) is 13.8 Å². The Morgan fingerprint density at radius 2 is 1.62 bits per heavy atom. The fourth-order valence-corrected chi connectivity index (χ4v) is 0.656. The van der Waals surface area contributed by atoms with Crippen molar-refractivity contribution in [1.29, 1.82) is 0 Å². The zero-order valence-corrected chi connectivity index (χ0v) is 9.90. The van der Waals surface area contributed by atoms with E-state index in [4.69, 9.17) is 28.0 Å². The number of rotatable bonds is 2. The first-order chi connectivity index (χ1) is 7.32. The fourth-order valence-electron chi connectivity index (χ4n) is 0.656. The van der Waals surface area contributed by atoms with E-state index in [9.17, 15) is 0 Å². The fraction of sp³-hybridized carbons (Fsp3) is 0.455. The minimum Gasteiger partial charge on any atom is -0.506 e. The smallest absolute Gasteiger partial charge is 0.138 e. The number of hydrogen-bond acceptors (Lipinski definition) is 5. The average Bonchev–Trinajstić information content (AvgIpc) is 2.25. The van der Waals surface area contributed by atoms with Gasteiger partial charge < -0.3 is 28.0 Å². The molecule has 0 aromatic heterocycles. The van der Waals surface area contributed by atoms with Crippen molar-refractivity contribution >= 4 is 11.4 Å². The van der Waals surface area contributed by atoms with Gasteiger partial charge in [-0.05, 0) is 36.7 Å². The average molecular weight is 226 g/mol.